The number of carbonyl (C=O) groups excluding carboxylic acids is 2. The Morgan fingerprint density at radius 1 is 1.22 bits per heavy atom. The van der Waals surface area contributed by atoms with Crippen LogP contribution in [0.1, 0.15) is 19.4 Å². The van der Waals surface area contributed by atoms with Crippen LogP contribution in [0.4, 0.5) is 4.79 Å². The second kappa shape index (κ2) is 6.76. The molecular formula is C13H17NO4. The van der Waals surface area contributed by atoms with Crippen molar-refractivity contribution >= 4 is 12.1 Å². The largest absolute Gasteiger partial charge is 0.516 e. The zero-order valence-electron chi connectivity index (χ0n) is 10.5. The minimum absolute atomic E-state index is 0.0594. The average molecular weight is 251 g/mol. The molecule has 0 amide bonds. The van der Waals surface area contributed by atoms with Gasteiger partial charge in [0.2, 0.25) is 0 Å². The van der Waals surface area contributed by atoms with E-state index in [1.54, 1.807) is 26.0 Å². The van der Waals surface area contributed by atoms with Gasteiger partial charge in [0.1, 0.15) is 12.6 Å². The zero-order chi connectivity index (χ0) is 13.5. The van der Waals surface area contributed by atoms with Crippen LogP contribution in [0.2, 0.25) is 0 Å². The molecule has 1 rings (SSSR count). The lowest BCUT2D eigenvalue weighted by Gasteiger charge is -2.13. The molecule has 0 radical (unpaired) electrons. The predicted molar refractivity (Wildman–Crippen MR) is 65.5 cm³/mol. The highest BCUT2D eigenvalue weighted by Crippen LogP contribution is 2.04. The van der Waals surface area contributed by atoms with Crippen LogP contribution in [-0.4, -0.2) is 18.2 Å². The van der Waals surface area contributed by atoms with E-state index in [-0.39, 0.29) is 12.5 Å². The molecule has 1 aromatic rings. The molecule has 0 aliphatic rings. The van der Waals surface area contributed by atoms with E-state index in [9.17, 15) is 9.59 Å². The van der Waals surface area contributed by atoms with Crippen molar-refractivity contribution in [3.05, 3.63) is 35.9 Å². The molecule has 0 aliphatic carbocycles. The summed E-state index contributed by atoms with van der Waals surface area (Å²) < 4.78 is 9.26. The Kier molecular flexibility index (Phi) is 5.32. The summed E-state index contributed by atoms with van der Waals surface area (Å²) in [6.45, 7) is 3.59. The SMILES string of the molecule is CC(C)C(N)C(=O)OC(=O)OCc1ccccc1. The van der Waals surface area contributed by atoms with Crippen LogP contribution in [0, 0.1) is 5.92 Å². The summed E-state index contributed by atoms with van der Waals surface area (Å²) in [7, 11) is 0. The maximum Gasteiger partial charge on any atom is 0.516 e. The molecule has 0 saturated heterocycles. The molecule has 0 aliphatic heterocycles. The van der Waals surface area contributed by atoms with Gasteiger partial charge in [0.15, 0.2) is 0 Å². The smallest absolute Gasteiger partial charge is 0.429 e. The highest BCUT2D eigenvalue weighted by molar-refractivity contribution is 5.85. The zero-order valence-corrected chi connectivity index (χ0v) is 10.5. The Morgan fingerprint density at radius 2 is 1.83 bits per heavy atom. The first-order valence-electron chi connectivity index (χ1n) is 5.68. The minimum atomic E-state index is -1.03. The number of nitrogens with two attached hydrogens (primary N) is 1. The minimum Gasteiger partial charge on any atom is -0.429 e. The van der Waals surface area contributed by atoms with Crippen molar-refractivity contribution in [1.82, 2.24) is 0 Å². The Balaban J connectivity index is 2.36. The summed E-state index contributed by atoms with van der Waals surface area (Å²) in [4.78, 5) is 22.6. The van der Waals surface area contributed by atoms with Crippen molar-refractivity contribution < 1.29 is 19.1 Å². The predicted octanol–water partition coefficient (Wildman–Crippen LogP) is 1.85. The molecule has 98 valence electrons. The van der Waals surface area contributed by atoms with E-state index in [4.69, 9.17) is 10.5 Å². The van der Waals surface area contributed by atoms with Crippen LogP contribution < -0.4 is 5.73 Å². The fourth-order valence-corrected chi connectivity index (χ4v) is 1.17. The number of hydrogen-bond donors (Lipinski definition) is 1. The van der Waals surface area contributed by atoms with Crippen LogP contribution in [-0.2, 0) is 20.9 Å². The van der Waals surface area contributed by atoms with Crippen molar-refractivity contribution in [3.63, 3.8) is 0 Å². The van der Waals surface area contributed by atoms with Gasteiger partial charge in [-0.2, -0.15) is 0 Å². The van der Waals surface area contributed by atoms with Crippen molar-refractivity contribution in [2.45, 2.75) is 26.5 Å². The van der Waals surface area contributed by atoms with E-state index >= 15 is 0 Å². The standard InChI is InChI=1S/C13H17NO4/c1-9(2)11(14)12(15)18-13(16)17-8-10-6-4-3-5-7-10/h3-7,9,11H,8,14H2,1-2H3. The highest BCUT2D eigenvalue weighted by atomic mass is 16.7. The van der Waals surface area contributed by atoms with Crippen LogP contribution in [0.15, 0.2) is 30.3 Å². The lowest BCUT2D eigenvalue weighted by Crippen LogP contribution is -2.38. The van der Waals surface area contributed by atoms with E-state index in [1.165, 1.54) is 0 Å². The second-order valence-electron chi connectivity index (χ2n) is 4.22. The third-order valence-corrected chi connectivity index (χ3v) is 2.37. The molecule has 2 N–H and O–H groups in total. The van der Waals surface area contributed by atoms with Gasteiger partial charge in [0, 0.05) is 0 Å². The molecule has 1 unspecified atom stereocenters. The van der Waals surface area contributed by atoms with Gasteiger partial charge >= 0.3 is 12.1 Å². The lowest BCUT2D eigenvalue weighted by molar-refractivity contribution is -0.142. The quantitative estimate of drug-likeness (QED) is 0.652. The lowest BCUT2D eigenvalue weighted by atomic mass is 10.1. The summed E-state index contributed by atoms with van der Waals surface area (Å²) in [6.07, 6.45) is -1.03. The van der Waals surface area contributed by atoms with E-state index in [0.717, 1.165) is 5.56 Å². The summed E-state index contributed by atoms with van der Waals surface area (Å²) in [6, 6.07) is 8.28. The molecule has 0 fully saturated rings. The second-order valence-corrected chi connectivity index (χ2v) is 4.22. The van der Waals surface area contributed by atoms with Crippen LogP contribution in [0.25, 0.3) is 0 Å². The number of hydrogen-bond acceptors (Lipinski definition) is 5. The molecule has 1 atom stereocenters. The first-order valence-corrected chi connectivity index (χ1v) is 5.68. The molecule has 0 spiro atoms. The van der Waals surface area contributed by atoms with Gasteiger partial charge in [0.05, 0.1) is 0 Å². The number of rotatable bonds is 4. The van der Waals surface area contributed by atoms with Gasteiger partial charge in [-0.25, -0.2) is 9.59 Å². The summed E-state index contributed by atoms with van der Waals surface area (Å²) in [5.74, 6) is -0.873. The third-order valence-electron chi connectivity index (χ3n) is 2.37. The molecule has 0 heterocycles. The fourth-order valence-electron chi connectivity index (χ4n) is 1.17. The van der Waals surface area contributed by atoms with E-state index in [2.05, 4.69) is 4.74 Å². The summed E-state index contributed by atoms with van der Waals surface area (Å²) in [5, 5.41) is 0. The highest BCUT2D eigenvalue weighted by Gasteiger charge is 2.22. The Labute approximate surface area is 106 Å². The first kappa shape index (κ1) is 14.2. The molecule has 0 saturated carbocycles. The first-order chi connectivity index (χ1) is 8.50. The maximum absolute atomic E-state index is 11.4. The molecule has 18 heavy (non-hydrogen) atoms. The van der Waals surface area contributed by atoms with Gasteiger partial charge in [-0.05, 0) is 11.5 Å². The topological polar surface area (TPSA) is 78.6 Å². The number of esters is 1. The van der Waals surface area contributed by atoms with E-state index in [0.29, 0.717) is 0 Å². The van der Waals surface area contributed by atoms with Crippen molar-refractivity contribution in [2.75, 3.05) is 0 Å². The van der Waals surface area contributed by atoms with Crippen LogP contribution in [0.3, 0.4) is 0 Å². The summed E-state index contributed by atoms with van der Waals surface area (Å²) >= 11 is 0. The number of benzene rings is 1. The number of ether oxygens (including phenoxy) is 2. The third kappa shape index (κ3) is 4.55. The molecule has 0 aromatic heterocycles. The monoisotopic (exact) mass is 251 g/mol. The normalized spacial score (nSPS) is 12.0. The maximum atomic E-state index is 11.4. The van der Waals surface area contributed by atoms with Gasteiger partial charge in [-0.3, -0.25) is 0 Å². The van der Waals surface area contributed by atoms with Gasteiger partial charge in [0.25, 0.3) is 0 Å². The molecular weight excluding hydrogens is 234 g/mol. The van der Waals surface area contributed by atoms with E-state index in [1.807, 2.05) is 18.2 Å². The number of carbonyl (C=O) groups is 2. The Bertz CT molecular complexity index is 403. The van der Waals surface area contributed by atoms with Gasteiger partial charge in [-0.15, -0.1) is 0 Å². The Hall–Kier alpha value is -1.88. The molecule has 1 aromatic carbocycles. The average Bonchev–Trinajstić information content (AvgIpc) is 2.36. The van der Waals surface area contributed by atoms with Gasteiger partial charge in [-0.1, -0.05) is 44.2 Å². The molecule has 5 heteroatoms. The van der Waals surface area contributed by atoms with Crippen molar-refractivity contribution in [2.24, 2.45) is 11.7 Å². The molecule has 0 bridgehead atoms. The van der Waals surface area contributed by atoms with Crippen molar-refractivity contribution in [3.8, 4) is 0 Å². The Morgan fingerprint density at radius 3 is 2.39 bits per heavy atom. The summed E-state index contributed by atoms with van der Waals surface area (Å²) in [5.41, 5.74) is 6.35. The van der Waals surface area contributed by atoms with E-state index < -0.39 is 18.2 Å². The fraction of sp³-hybridized carbons (Fsp3) is 0.385. The molecule has 5 nitrogen and oxygen atoms in total. The van der Waals surface area contributed by atoms with Crippen LogP contribution >= 0.6 is 0 Å². The van der Waals surface area contributed by atoms with Gasteiger partial charge < -0.3 is 15.2 Å². The van der Waals surface area contributed by atoms with Crippen molar-refractivity contribution in [1.29, 1.82) is 0 Å². The van der Waals surface area contributed by atoms with Crippen LogP contribution in [0.5, 0.6) is 0 Å².